The van der Waals surface area contributed by atoms with Crippen molar-refractivity contribution in [2.24, 2.45) is 0 Å². The van der Waals surface area contributed by atoms with Crippen molar-refractivity contribution in [2.75, 3.05) is 0 Å². The second-order valence-electron chi connectivity index (χ2n) is 3.08. The molecule has 0 bridgehead atoms. The number of amides is 1. The van der Waals surface area contributed by atoms with E-state index in [-0.39, 0.29) is 11.9 Å². The maximum Gasteiger partial charge on any atom is 0.271 e. The summed E-state index contributed by atoms with van der Waals surface area (Å²) in [6, 6.07) is 3.47. The highest BCUT2D eigenvalue weighted by Crippen LogP contribution is 2.13. The van der Waals surface area contributed by atoms with Gasteiger partial charge in [-0.15, -0.1) is 11.3 Å². The normalized spacial score (nSPS) is 12.3. The Hall–Kier alpha value is -1.62. The van der Waals surface area contributed by atoms with Crippen LogP contribution < -0.4 is 5.32 Å². The van der Waals surface area contributed by atoms with Crippen molar-refractivity contribution in [2.45, 2.75) is 13.0 Å². The first-order chi connectivity index (χ1) is 7.27. The molecule has 1 atom stereocenters. The number of nitrogens with zero attached hydrogens (tertiary/aromatic N) is 1. The molecule has 0 saturated heterocycles. The zero-order valence-electron chi connectivity index (χ0n) is 8.14. The van der Waals surface area contributed by atoms with Crippen LogP contribution in [-0.4, -0.2) is 10.9 Å². The van der Waals surface area contributed by atoms with Crippen molar-refractivity contribution in [3.63, 3.8) is 0 Å². The number of rotatable bonds is 3. The molecule has 78 valence electrons. The fourth-order valence-corrected chi connectivity index (χ4v) is 1.74. The number of carbonyl (C=O) groups is 1. The maximum absolute atomic E-state index is 11.6. The minimum absolute atomic E-state index is 0.144. The van der Waals surface area contributed by atoms with Gasteiger partial charge in [0.2, 0.25) is 0 Å². The molecule has 0 aliphatic rings. The van der Waals surface area contributed by atoms with Gasteiger partial charge in [-0.05, 0) is 19.1 Å². The van der Waals surface area contributed by atoms with Gasteiger partial charge in [0.1, 0.15) is 11.5 Å². The van der Waals surface area contributed by atoms with Gasteiger partial charge in [-0.3, -0.25) is 4.79 Å². The average molecular weight is 222 g/mol. The molecular weight excluding hydrogens is 212 g/mol. The third-order valence-electron chi connectivity index (χ3n) is 1.98. The second-order valence-corrected chi connectivity index (χ2v) is 3.80. The molecule has 15 heavy (non-hydrogen) atoms. The number of hydrogen-bond donors (Lipinski definition) is 1. The van der Waals surface area contributed by atoms with Crippen LogP contribution in [0.1, 0.15) is 29.2 Å². The van der Waals surface area contributed by atoms with Gasteiger partial charge in [-0.25, -0.2) is 4.98 Å². The first-order valence-corrected chi connectivity index (χ1v) is 5.44. The van der Waals surface area contributed by atoms with Gasteiger partial charge in [0.25, 0.3) is 5.91 Å². The highest BCUT2D eigenvalue weighted by molar-refractivity contribution is 7.07. The lowest BCUT2D eigenvalue weighted by atomic mass is 10.2. The molecule has 1 unspecified atom stereocenters. The smallest absolute Gasteiger partial charge is 0.271 e. The van der Waals surface area contributed by atoms with Crippen LogP contribution in [0.3, 0.4) is 0 Å². The van der Waals surface area contributed by atoms with Gasteiger partial charge < -0.3 is 9.73 Å². The summed E-state index contributed by atoms with van der Waals surface area (Å²) in [6.45, 7) is 1.86. The van der Waals surface area contributed by atoms with E-state index >= 15 is 0 Å². The number of nitrogens with one attached hydrogen (secondary N) is 1. The van der Waals surface area contributed by atoms with Crippen molar-refractivity contribution >= 4 is 17.2 Å². The standard InChI is InChI=1S/C10H10N2O2S/c1-7(9-3-2-4-14-9)12-10(13)8-5-15-6-11-8/h2-7H,1H3,(H,12,13). The van der Waals surface area contributed by atoms with Crippen LogP contribution >= 0.6 is 11.3 Å². The van der Waals surface area contributed by atoms with Crippen molar-refractivity contribution in [1.82, 2.24) is 10.3 Å². The summed E-state index contributed by atoms with van der Waals surface area (Å²) < 4.78 is 5.18. The number of thiazole rings is 1. The minimum atomic E-state index is -0.180. The predicted octanol–water partition coefficient (Wildman–Crippen LogP) is 2.23. The summed E-state index contributed by atoms with van der Waals surface area (Å²) in [4.78, 5) is 15.5. The van der Waals surface area contributed by atoms with Crippen LogP contribution in [0.25, 0.3) is 0 Å². The van der Waals surface area contributed by atoms with Crippen LogP contribution in [0.4, 0.5) is 0 Å². The molecule has 1 amide bonds. The van der Waals surface area contributed by atoms with Gasteiger partial charge in [0, 0.05) is 5.38 Å². The molecule has 0 spiro atoms. The SMILES string of the molecule is CC(NC(=O)c1cscn1)c1ccco1. The Morgan fingerprint density at radius 3 is 3.13 bits per heavy atom. The molecule has 2 aromatic heterocycles. The van der Waals surface area contributed by atoms with Gasteiger partial charge in [0.05, 0.1) is 17.8 Å². The number of aromatic nitrogens is 1. The van der Waals surface area contributed by atoms with E-state index < -0.39 is 0 Å². The van der Waals surface area contributed by atoms with E-state index in [2.05, 4.69) is 10.3 Å². The van der Waals surface area contributed by atoms with Crippen LogP contribution in [-0.2, 0) is 0 Å². The van der Waals surface area contributed by atoms with E-state index in [1.807, 2.05) is 13.0 Å². The lowest BCUT2D eigenvalue weighted by molar-refractivity contribution is 0.0931. The molecule has 0 aromatic carbocycles. The third-order valence-corrected chi connectivity index (χ3v) is 2.57. The molecule has 4 nitrogen and oxygen atoms in total. The summed E-state index contributed by atoms with van der Waals surface area (Å²) in [6.07, 6.45) is 1.58. The van der Waals surface area contributed by atoms with Crippen LogP contribution in [0.15, 0.2) is 33.7 Å². The quantitative estimate of drug-likeness (QED) is 0.866. The van der Waals surface area contributed by atoms with Crippen molar-refractivity contribution in [3.05, 3.63) is 40.7 Å². The fraction of sp³-hybridized carbons (Fsp3) is 0.200. The largest absolute Gasteiger partial charge is 0.467 e. The second kappa shape index (κ2) is 4.27. The number of carbonyl (C=O) groups excluding carboxylic acids is 1. The Morgan fingerprint density at radius 1 is 1.67 bits per heavy atom. The minimum Gasteiger partial charge on any atom is -0.467 e. The molecule has 2 heterocycles. The lowest BCUT2D eigenvalue weighted by Crippen LogP contribution is -2.26. The molecule has 2 aromatic rings. The zero-order valence-corrected chi connectivity index (χ0v) is 8.95. The molecule has 1 N–H and O–H groups in total. The number of furan rings is 1. The first-order valence-electron chi connectivity index (χ1n) is 4.50. The Bertz CT molecular complexity index is 422. The van der Waals surface area contributed by atoms with Gasteiger partial charge in [0.15, 0.2) is 0 Å². The highest BCUT2D eigenvalue weighted by Gasteiger charge is 2.14. The van der Waals surface area contributed by atoms with Gasteiger partial charge in [-0.1, -0.05) is 0 Å². The van der Waals surface area contributed by atoms with Gasteiger partial charge >= 0.3 is 0 Å². The topological polar surface area (TPSA) is 55.1 Å². The third kappa shape index (κ3) is 2.24. The zero-order chi connectivity index (χ0) is 10.7. The molecule has 2 rings (SSSR count). The van der Waals surface area contributed by atoms with E-state index in [9.17, 15) is 4.79 Å². The van der Waals surface area contributed by atoms with E-state index in [0.717, 1.165) is 5.76 Å². The van der Waals surface area contributed by atoms with Crippen molar-refractivity contribution in [3.8, 4) is 0 Å². The molecule has 0 aliphatic heterocycles. The fourth-order valence-electron chi connectivity index (χ4n) is 1.20. The summed E-state index contributed by atoms with van der Waals surface area (Å²) in [5.41, 5.74) is 2.07. The van der Waals surface area contributed by atoms with Crippen molar-refractivity contribution in [1.29, 1.82) is 0 Å². The predicted molar refractivity (Wildman–Crippen MR) is 56.7 cm³/mol. The highest BCUT2D eigenvalue weighted by atomic mass is 32.1. The van der Waals surface area contributed by atoms with E-state index in [1.165, 1.54) is 11.3 Å². The summed E-state index contributed by atoms with van der Waals surface area (Å²) in [7, 11) is 0. The van der Waals surface area contributed by atoms with Gasteiger partial charge in [-0.2, -0.15) is 0 Å². The molecule has 0 aliphatic carbocycles. The molecule has 5 heteroatoms. The summed E-state index contributed by atoms with van der Waals surface area (Å²) in [5.74, 6) is 0.554. The Balaban J connectivity index is 2.01. The average Bonchev–Trinajstić information content (AvgIpc) is 2.91. The Morgan fingerprint density at radius 2 is 2.53 bits per heavy atom. The number of hydrogen-bond acceptors (Lipinski definition) is 4. The molecular formula is C10H10N2O2S. The monoisotopic (exact) mass is 222 g/mol. The van der Waals surface area contributed by atoms with Crippen LogP contribution in [0.2, 0.25) is 0 Å². The summed E-state index contributed by atoms with van der Waals surface area (Å²) in [5, 5.41) is 4.51. The molecule has 0 fully saturated rings. The molecule has 0 radical (unpaired) electrons. The van der Waals surface area contributed by atoms with E-state index in [0.29, 0.717) is 5.69 Å². The Labute approximate surface area is 90.9 Å². The maximum atomic E-state index is 11.6. The Kier molecular flexibility index (Phi) is 2.82. The van der Waals surface area contributed by atoms with Crippen molar-refractivity contribution < 1.29 is 9.21 Å². The molecule has 0 saturated carbocycles. The first kappa shape index (κ1) is 9.92. The summed E-state index contributed by atoms with van der Waals surface area (Å²) >= 11 is 1.40. The van der Waals surface area contributed by atoms with Crippen LogP contribution in [0, 0.1) is 0 Å². The van der Waals surface area contributed by atoms with Crippen LogP contribution in [0.5, 0.6) is 0 Å². The van der Waals surface area contributed by atoms with E-state index in [1.54, 1.807) is 23.2 Å². The lowest BCUT2D eigenvalue weighted by Gasteiger charge is -2.09. The van der Waals surface area contributed by atoms with E-state index in [4.69, 9.17) is 4.42 Å².